The predicted molar refractivity (Wildman–Crippen MR) is 125 cm³/mol. The van der Waals surface area contributed by atoms with E-state index in [0.717, 1.165) is 11.1 Å². The van der Waals surface area contributed by atoms with Crippen molar-refractivity contribution < 1.29 is 28.2 Å². The molecule has 0 bridgehead atoms. The molecule has 3 aromatic carbocycles. The van der Waals surface area contributed by atoms with Crippen LogP contribution >= 0.6 is 0 Å². The van der Waals surface area contributed by atoms with Crippen molar-refractivity contribution in [3.05, 3.63) is 83.2 Å². The van der Waals surface area contributed by atoms with Crippen LogP contribution < -0.4 is 19.7 Å². The maximum Gasteiger partial charge on any atom is 0.265 e. The Morgan fingerprint density at radius 3 is 2.53 bits per heavy atom. The molecule has 8 heteroatoms. The van der Waals surface area contributed by atoms with Crippen molar-refractivity contribution in [3.8, 4) is 11.5 Å². The Kier molecular flexibility index (Phi) is 6.58. The van der Waals surface area contributed by atoms with Crippen LogP contribution in [-0.2, 0) is 9.59 Å². The lowest BCUT2D eigenvalue weighted by molar-refractivity contribution is -0.123. The van der Waals surface area contributed by atoms with Crippen LogP contribution in [0.2, 0.25) is 0 Å². The van der Waals surface area contributed by atoms with Crippen LogP contribution in [0, 0.1) is 19.7 Å². The second kappa shape index (κ2) is 9.74. The molecule has 3 aromatic rings. The fourth-order valence-corrected chi connectivity index (χ4v) is 3.46. The molecule has 1 aliphatic heterocycles. The van der Waals surface area contributed by atoms with E-state index in [4.69, 9.17) is 9.47 Å². The number of halogens is 1. The third kappa shape index (κ3) is 5.23. The highest BCUT2D eigenvalue weighted by atomic mass is 19.1. The first-order chi connectivity index (χ1) is 16.3. The van der Waals surface area contributed by atoms with Gasteiger partial charge in [0, 0.05) is 11.3 Å². The Hall–Kier alpha value is -4.20. The molecule has 1 aliphatic rings. The smallest absolute Gasteiger partial charge is 0.265 e. The number of benzene rings is 3. The van der Waals surface area contributed by atoms with E-state index >= 15 is 0 Å². The fraction of sp³-hybridized carbons (Fsp3) is 0.192. The van der Waals surface area contributed by atoms with Gasteiger partial charge >= 0.3 is 0 Å². The van der Waals surface area contributed by atoms with Crippen molar-refractivity contribution in [2.45, 2.75) is 13.8 Å². The molecule has 0 aromatic heterocycles. The van der Waals surface area contributed by atoms with Crippen molar-refractivity contribution in [3.63, 3.8) is 0 Å². The normalized spacial score (nSPS) is 12.6. The van der Waals surface area contributed by atoms with Gasteiger partial charge in [0.15, 0.2) is 19.0 Å². The minimum Gasteiger partial charge on any atom is -0.485 e. The third-order valence-corrected chi connectivity index (χ3v) is 5.50. The first kappa shape index (κ1) is 23.0. The van der Waals surface area contributed by atoms with Crippen LogP contribution in [0.4, 0.5) is 15.8 Å². The number of anilines is 2. The van der Waals surface area contributed by atoms with Crippen molar-refractivity contribution >= 4 is 29.0 Å². The van der Waals surface area contributed by atoms with Gasteiger partial charge in [-0.3, -0.25) is 19.3 Å². The Morgan fingerprint density at radius 1 is 1.03 bits per heavy atom. The highest BCUT2D eigenvalue weighted by Gasteiger charge is 2.28. The number of fused-ring (bicyclic) bond motifs is 1. The van der Waals surface area contributed by atoms with E-state index in [1.54, 1.807) is 18.2 Å². The molecule has 4 rings (SSSR count). The number of carbonyl (C=O) groups excluding carboxylic acids is 3. The topological polar surface area (TPSA) is 84.9 Å². The largest absolute Gasteiger partial charge is 0.485 e. The van der Waals surface area contributed by atoms with E-state index in [0.29, 0.717) is 28.4 Å². The van der Waals surface area contributed by atoms with Crippen LogP contribution in [-0.4, -0.2) is 37.4 Å². The first-order valence-electron chi connectivity index (χ1n) is 10.7. The number of nitrogens with zero attached hydrogens (tertiary/aromatic N) is 1. The lowest BCUT2D eigenvalue weighted by Crippen LogP contribution is -2.43. The van der Waals surface area contributed by atoms with E-state index in [2.05, 4.69) is 5.32 Å². The average Bonchev–Trinajstić information content (AvgIpc) is 2.82. The number of hydrogen-bond acceptors (Lipinski definition) is 5. The lowest BCUT2D eigenvalue weighted by atomic mass is 10.1. The Morgan fingerprint density at radius 2 is 1.79 bits per heavy atom. The number of carbonyl (C=O) groups is 3. The lowest BCUT2D eigenvalue weighted by Gasteiger charge is -2.29. The van der Waals surface area contributed by atoms with Crippen LogP contribution in [0.5, 0.6) is 11.5 Å². The summed E-state index contributed by atoms with van der Waals surface area (Å²) in [6.07, 6.45) is 0. The van der Waals surface area contributed by atoms with Gasteiger partial charge in [-0.05, 0) is 79.6 Å². The Labute approximate surface area is 196 Å². The summed E-state index contributed by atoms with van der Waals surface area (Å²) in [5.74, 6) is -0.614. The highest BCUT2D eigenvalue weighted by molar-refractivity contribution is 6.06. The molecule has 0 atom stereocenters. The van der Waals surface area contributed by atoms with Crippen LogP contribution in [0.25, 0.3) is 0 Å². The van der Waals surface area contributed by atoms with Gasteiger partial charge in [-0.1, -0.05) is 6.07 Å². The number of hydrogen-bond donors (Lipinski definition) is 1. The van der Waals surface area contributed by atoms with E-state index in [1.165, 1.54) is 35.2 Å². The summed E-state index contributed by atoms with van der Waals surface area (Å²) >= 11 is 0. The van der Waals surface area contributed by atoms with Crippen molar-refractivity contribution in [1.82, 2.24) is 0 Å². The predicted octanol–water partition coefficient (Wildman–Crippen LogP) is 4.07. The van der Waals surface area contributed by atoms with E-state index in [1.807, 2.05) is 26.0 Å². The summed E-state index contributed by atoms with van der Waals surface area (Å²) in [4.78, 5) is 39.0. The summed E-state index contributed by atoms with van der Waals surface area (Å²) in [5, 5.41) is 2.62. The maximum absolute atomic E-state index is 13.1. The van der Waals surface area contributed by atoms with Crippen molar-refractivity contribution in [1.29, 1.82) is 0 Å². The molecule has 0 unspecified atom stereocenters. The number of Topliss-reactive ketones (excluding diaryl/α,β-unsaturated/α-hetero) is 1. The molecular weight excluding hydrogens is 439 g/mol. The zero-order valence-electron chi connectivity index (χ0n) is 18.8. The van der Waals surface area contributed by atoms with Gasteiger partial charge in [0.1, 0.15) is 23.9 Å². The molecule has 0 saturated carbocycles. The van der Waals surface area contributed by atoms with E-state index < -0.39 is 17.6 Å². The van der Waals surface area contributed by atoms with Gasteiger partial charge in [-0.25, -0.2) is 4.39 Å². The first-order valence-corrected chi connectivity index (χ1v) is 10.7. The monoisotopic (exact) mass is 462 g/mol. The van der Waals surface area contributed by atoms with Crippen LogP contribution in [0.15, 0.2) is 60.7 Å². The average molecular weight is 462 g/mol. The zero-order chi connectivity index (χ0) is 24.2. The van der Waals surface area contributed by atoms with Gasteiger partial charge in [0.05, 0.1) is 5.69 Å². The molecule has 0 spiro atoms. The quantitative estimate of drug-likeness (QED) is 0.535. The molecule has 2 amide bonds. The summed E-state index contributed by atoms with van der Waals surface area (Å²) in [5.41, 5.74) is 3.23. The van der Waals surface area contributed by atoms with Gasteiger partial charge in [0.2, 0.25) is 5.91 Å². The number of rotatable bonds is 7. The van der Waals surface area contributed by atoms with E-state index in [9.17, 15) is 18.8 Å². The minimum atomic E-state index is -0.470. The maximum atomic E-state index is 13.1. The van der Waals surface area contributed by atoms with Crippen molar-refractivity contribution in [2.24, 2.45) is 0 Å². The fourth-order valence-electron chi connectivity index (χ4n) is 3.46. The molecule has 0 radical (unpaired) electrons. The van der Waals surface area contributed by atoms with Gasteiger partial charge in [-0.2, -0.15) is 0 Å². The number of ether oxygens (including phenoxy) is 2. The summed E-state index contributed by atoms with van der Waals surface area (Å²) in [6, 6.07) is 15.6. The molecule has 34 heavy (non-hydrogen) atoms. The summed E-state index contributed by atoms with van der Waals surface area (Å²) < 4.78 is 24.2. The third-order valence-electron chi connectivity index (χ3n) is 5.50. The highest BCUT2D eigenvalue weighted by Crippen LogP contribution is 2.33. The Bertz CT molecular complexity index is 1260. The van der Waals surface area contributed by atoms with Gasteiger partial charge < -0.3 is 14.8 Å². The molecule has 0 fully saturated rings. The number of amides is 2. The number of nitrogens with one attached hydrogen (secondary N) is 1. The Balaban J connectivity index is 1.47. The van der Waals surface area contributed by atoms with E-state index in [-0.39, 0.29) is 25.5 Å². The standard InChI is InChI=1S/C26H23FN2O5/c1-16-3-9-21(11-17(16)2)33-14-23(30)18-4-10-24-22(12-18)29(26(32)15-34-24)13-25(31)28-20-7-5-19(27)6-8-20/h3-12H,13-15H2,1-2H3,(H,28,31). The molecule has 1 N–H and O–H groups in total. The molecule has 0 aliphatic carbocycles. The summed E-state index contributed by atoms with van der Waals surface area (Å²) in [6.45, 7) is 3.27. The van der Waals surface area contributed by atoms with Gasteiger partial charge in [-0.15, -0.1) is 0 Å². The number of aryl methyl sites for hydroxylation is 2. The van der Waals surface area contributed by atoms with Crippen LogP contribution in [0.1, 0.15) is 21.5 Å². The molecule has 174 valence electrons. The SMILES string of the molecule is Cc1ccc(OCC(=O)c2ccc3c(c2)N(CC(=O)Nc2ccc(F)cc2)C(=O)CO3)cc1C. The number of ketones is 1. The molecule has 7 nitrogen and oxygen atoms in total. The van der Waals surface area contributed by atoms with Crippen molar-refractivity contribution in [2.75, 3.05) is 30.0 Å². The molecular formula is C26H23FN2O5. The molecule has 0 saturated heterocycles. The van der Waals surface area contributed by atoms with Crippen LogP contribution in [0.3, 0.4) is 0 Å². The minimum absolute atomic E-state index is 0.179. The summed E-state index contributed by atoms with van der Waals surface area (Å²) in [7, 11) is 0. The second-order valence-corrected chi connectivity index (χ2v) is 7.96. The second-order valence-electron chi connectivity index (χ2n) is 7.96. The van der Waals surface area contributed by atoms with Gasteiger partial charge in [0.25, 0.3) is 5.91 Å². The molecule has 1 heterocycles. The zero-order valence-corrected chi connectivity index (χ0v) is 18.8.